The van der Waals surface area contributed by atoms with Gasteiger partial charge in [0, 0.05) is 44.0 Å². The number of amides is 1. The molecule has 2 aromatic heterocycles. The Morgan fingerprint density at radius 3 is 2.68 bits per heavy atom. The van der Waals surface area contributed by atoms with Crippen LogP contribution in [0.1, 0.15) is 36.7 Å². The molecule has 2 N–H and O–H groups in total. The summed E-state index contributed by atoms with van der Waals surface area (Å²) in [6, 6.07) is 12.3. The minimum atomic E-state index is -0.0541. The molecule has 1 amide bonds. The van der Waals surface area contributed by atoms with E-state index in [-0.39, 0.29) is 11.9 Å². The summed E-state index contributed by atoms with van der Waals surface area (Å²) in [5.74, 6) is -0.0541. The molecule has 0 fully saturated rings. The minimum absolute atomic E-state index is 0.0541. The molecule has 0 spiro atoms. The van der Waals surface area contributed by atoms with Gasteiger partial charge in [-0.3, -0.25) is 4.79 Å². The highest BCUT2D eigenvalue weighted by atomic mass is 16.1. The molecule has 5 nitrogen and oxygen atoms in total. The second-order valence-corrected chi connectivity index (χ2v) is 6.38. The van der Waals surface area contributed by atoms with E-state index in [0.717, 1.165) is 30.0 Å². The first-order valence-electron chi connectivity index (χ1n) is 8.57. The van der Waals surface area contributed by atoms with E-state index in [1.807, 2.05) is 36.5 Å². The number of nitrogens with zero attached hydrogens (tertiary/aromatic N) is 2. The molecule has 5 heteroatoms. The van der Waals surface area contributed by atoms with Crippen LogP contribution in [0, 0.1) is 6.92 Å². The van der Waals surface area contributed by atoms with Crippen LogP contribution in [0.4, 0.5) is 5.69 Å². The number of fused-ring (bicyclic) bond motifs is 1. The van der Waals surface area contributed by atoms with Gasteiger partial charge in [-0.1, -0.05) is 18.2 Å². The van der Waals surface area contributed by atoms with E-state index in [1.165, 1.54) is 18.1 Å². The summed E-state index contributed by atoms with van der Waals surface area (Å²) in [6.07, 6.45) is 5.01. The van der Waals surface area contributed by atoms with Crippen molar-refractivity contribution in [1.82, 2.24) is 14.7 Å². The average molecular weight is 336 g/mol. The van der Waals surface area contributed by atoms with Crippen molar-refractivity contribution in [2.45, 2.75) is 33.2 Å². The molecule has 0 radical (unpaired) electrons. The van der Waals surface area contributed by atoms with Crippen molar-refractivity contribution < 1.29 is 4.79 Å². The smallest absolute Gasteiger partial charge is 0.221 e. The molecule has 0 saturated heterocycles. The zero-order valence-electron chi connectivity index (χ0n) is 14.9. The van der Waals surface area contributed by atoms with E-state index >= 15 is 0 Å². The number of hydrogen-bond acceptors (Lipinski definition) is 3. The van der Waals surface area contributed by atoms with Gasteiger partial charge in [0.25, 0.3) is 0 Å². The highest BCUT2D eigenvalue weighted by molar-refractivity contribution is 5.88. The van der Waals surface area contributed by atoms with E-state index in [0.29, 0.717) is 0 Å². The van der Waals surface area contributed by atoms with Crippen LogP contribution in [-0.4, -0.2) is 21.8 Å². The summed E-state index contributed by atoms with van der Waals surface area (Å²) < 4.78 is 2.08. The molecule has 0 aliphatic carbocycles. The van der Waals surface area contributed by atoms with Gasteiger partial charge in [-0.15, -0.1) is 0 Å². The fraction of sp³-hybridized carbons (Fsp3) is 0.300. The van der Waals surface area contributed by atoms with Gasteiger partial charge in [-0.05, 0) is 43.2 Å². The third-order valence-corrected chi connectivity index (χ3v) is 4.29. The topological polar surface area (TPSA) is 58.4 Å². The summed E-state index contributed by atoms with van der Waals surface area (Å²) in [4.78, 5) is 15.8. The number of nitrogens with one attached hydrogen (secondary N) is 2. The first-order chi connectivity index (χ1) is 12.0. The third kappa shape index (κ3) is 4.25. The number of hydrogen-bond donors (Lipinski definition) is 2. The first kappa shape index (κ1) is 17.2. The van der Waals surface area contributed by atoms with E-state index in [9.17, 15) is 4.79 Å². The van der Waals surface area contributed by atoms with Gasteiger partial charge in [-0.2, -0.15) is 0 Å². The van der Waals surface area contributed by atoms with Crippen molar-refractivity contribution >= 4 is 17.2 Å². The van der Waals surface area contributed by atoms with Crippen LogP contribution in [0.25, 0.3) is 5.65 Å². The van der Waals surface area contributed by atoms with Gasteiger partial charge in [0.2, 0.25) is 5.91 Å². The predicted molar refractivity (Wildman–Crippen MR) is 101 cm³/mol. The Kier molecular flexibility index (Phi) is 5.14. The zero-order valence-corrected chi connectivity index (χ0v) is 14.9. The number of anilines is 1. The van der Waals surface area contributed by atoms with Crippen molar-refractivity contribution in [1.29, 1.82) is 0 Å². The Labute approximate surface area is 148 Å². The van der Waals surface area contributed by atoms with Gasteiger partial charge in [-0.25, -0.2) is 4.98 Å². The molecule has 3 aromatic rings. The monoisotopic (exact) mass is 336 g/mol. The van der Waals surface area contributed by atoms with Gasteiger partial charge in [0.15, 0.2) is 0 Å². The quantitative estimate of drug-likeness (QED) is 0.724. The highest BCUT2D eigenvalue weighted by Crippen LogP contribution is 2.16. The summed E-state index contributed by atoms with van der Waals surface area (Å²) in [5.41, 5.74) is 5.33. The molecule has 0 unspecified atom stereocenters. The van der Waals surface area contributed by atoms with E-state index in [4.69, 9.17) is 4.98 Å². The second-order valence-electron chi connectivity index (χ2n) is 6.38. The molecule has 2 heterocycles. The lowest BCUT2D eigenvalue weighted by atomic mass is 10.1. The van der Waals surface area contributed by atoms with Crippen LogP contribution in [0.5, 0.6) is 0 Å². The van der Waals surface area contributed by atoms with Gasteiger partial charge in [0.05, 0.1) is 5.69 Å². The van der Waals surface area contributed by atoms with Crippen molar-refractivity contribution in [2.24, 2.45) is 0 Å². The van der Waals surface area contributed by atoms with Crippen LogP contribution in [0.2, 0.25) is 0 Å². The zero-order chi connectivity index (χ0) is 17.8. The Morgan fingerprint density at radius 1 is 1.24 bits per heavy atom. The summed E-state index contributed by atoms with van der Waals surface area (Å²) in [7, 11) is 0. The van der Waals surface area contributed by atoms with E-state index in [1.54, 1.807) is 0 Å². The van der Waals surface area contributed by atoms with Crippen LogP contribution < -0.4 is 10.6 Å². The predicted octanol–water partition coefficient (Wildman–Crippen LogP) is 3.49. The van der Waals surface area contributed by atoms with Crippen LogP contribution in [-0.2, 0) is 11.2 Å². The van der Waals surface area contributed by atoms with Crippen LogP contribution in [0.15, 0.2) is 48.8 Å². The van der Waals surface area contributed by atoms with Crippen molar-refractivity contribution in [3.63, 3.8) is 0 Å². The van der Waals surface area contributed by atoms with Crippen molar-refractivity contribution in [3.8, 4) is 0 Å². The number of aromatic nitrogens is 2. The molecule has 3 rings (SSSR count). The largest absolute Gasteiger partial charge is 0.326 e. The SMILES string of the molecule is CC(=O)Nc1ccc([C@@H](C)NCCc2cn3cccc(C)c3n2)cc1. The van der Waals surface area contributed by atoms with Gasteiger partial charge in [0.1, 0.15) is 5.65 Å². The summed E-state index contributed by atoms with van der Waals surface area (Å²) >= 11 is 0. The Hall–Kier alpha value is -2.66. The van der Waals surface area contributed by atoms with E-state index < -0.39 is 0 Å². The number of rotatable bonds is 6. The second kappa shape index (κ2) is 7.49. The first-order valence-corrected chi connectivity index (χ1v) is 8.57. The standard InChI is InChI=1S/C20H24N4O/c1-14-5-4-12-24-13-19(23-20(14)24)10-11-21-15(2)17-6-8-18(9-7-17)22-16(3)25/h4-9,12-13,15,21H,10-11H2,1-3H3,(H,22,25)/t15-/m1/s1. The molecule has 1 atom stereocenters. The number of aryl methyl sites for hydroxylation is 1. The molecule has 0 bridgehead atoms. The van der Waals surface area contributed by atoms with E-state index in [2.05, 4.69) is 41.1 Å². The minimum Gasteiger partial charge on any atom is -0.326 e. The number of pyridine rings is 1. The molecule has 130 valence electrons. The lowest BCUT2D eigenvalue weighted by Crippen LogP contribution is -2.21. The van der Waals surface area contributed by atoms with Crippen LogP contribution in [0.3, 0.4) is 0 Å². The fourth-order valence-corrected chi connectivity index (χ4v) is 2.92. The fourth-order valence-electron chi connectivity index (χ4n) is 2.92. The average Bonchev–Trinajstić information content (AvgIpc) is 2.99. The maximum absolute atomic E-state index is 11.1. The highest BCUT2D eigenvalue weighted by Gasteiger charge is 2.07. The molecular formula is C20H24N4O. The maximum Gasteiger partial charge on any atom is 0.221 e. The number of carbonyl (C=O) groups is 1. The molecular weight excluding hydrogens is 312 g/mol. The molecule has 0 aliphatic heterocycles. The molecule has 1 aromatic carbocycles. The van der Waals surface area contributed by atoms with Gasteiger partial charge < -0.3 is 15.0 Å². The summed E-state index contributed by atoms with van der Waals surface area (Å²) in [6.45, 7) is 6.59. The molecule has 0 saturated carbocycles. The summed E-state index contributed by atoms with van der Waals surface area (Å²) in [5, 5.41) is 6.31. The Bertz CT molecular complexity index is 867. The third-order valence-electron chi connectivity index (χ3n) is 4.29. The van der Waals surface area contributed by atoms with Gasteiger partial charge >= 0.3 is 0 Å². The van der Waals surface area contributed by atoms with Crippen molar-refractivity contribution in [2.75, 3.05) is 11.9 Å². The Balaban J connectivity index is 1.55. The number of benzene rings is 1. The lowest BCUT2D eigenvalue weighted by Gasteiger charge is -2.14. The van der Waals surface area contributed by atoms with Crippen molar-refractivity contribution in [3.05, 3.63) is 65.6 Å². The van der Waals surface area contributed by atoms with Crippen LogP contribution >= 0.6 is 0 Å². The molecule has 25 heavy (non-hydrogen) atoms. The normalized spacial score (nSPS) is 12.3. The lowest BCUT2D eigenvalue weighted by molar-refractivity contribution is -0.114. The molecule has 0 aliphatic rings. The number of carbonyl (C=O) groups excluding carboxylic acids is 1. The number of imidazole rings is 1. The Morgan fingerprint density at radius 2 is 2.00 bits per heavy atom. The maximum atomic E-state index is 11.1.